The van der Waals surface area contributed by atoms with Crippen molar-refractivity contribution in [2.45, 2.75) is 13.8 Å². The van der Waals surface area contributed by atoms with Crippen LogP contribution in [0.25, 0.3) is 0 Å². The van der Waals surface area contributed by atoms with E-state index in [1.54, 1.807) is 5.38 Å². The average Bonchev–Trinajstić information content (AvgIpc) is 2.72. The molecule has 5 nitrogen and oxygen atoms in total. The Morgan fingerprint density at radius 3 is 2.60 bits per heavy atom. The van der Waals surface area contributed by atoms with E-state index >= 15 is 0 Å². The lowest BCUT2D eigenvalue weighted by atomic mass is 10.5. The molecule has 1 aromatic heterocycles. The van der Waals surface area contributed by atoms with Crippen LogP contribution >= 0.6 is 11.3 Å². The normalized spacial score (nSPS) is 9.73. The van der Waals surface area contributed by atoms with Crippen molar-refractivity contribution in [3.05, 3.63) is 16.6 Å². The predicted molar refractivity (Wildman–Crippen MR) is 55.8 cm³/mol. The maximum atomic E-state index is 11.4. The summed E-state index contributed by atoms with van der Waals surface area (Å²) in [5.74, 6) is -0.693. The second-order valence-electron chi connectivity index (χ2n) is 2.66. The molecule has 82 valence electrons. The molecule has 0 saturated carbocycles. The number of nitrogens with zero attached hydrogens (tertiary/aromatic N) is 2. The monoisotopic (exact) mass is 228 g/mol. The van der Waals surface area contributed by atoms with Crippen molar-refractivity contribution in [1.29, 1.82) is 0 Å². The van der Waals surface area contributed by atoms with E-state index in [1.165, 1.54) is 11.1 Å². The molecule has 1 rings (SSSR count). The quantitative estimate of drug-likeness (QED) is 0.584. The number of thiazole rings is 1. The largest absolute Gasteiger partial charge is 0.417 e. The SMILES string of the molecule is CCN(CC)C(=O)OC(=O)c1nccs1. The zero-order chi connectivity index (χ0) is 11.3. The Morgan fingerprint density at radius 2 is 2.13 bits per heavy atom. The highest BCUT2D eigenvalue weighted by atomic mass is 32.1. The van der Waals surface area contributed by atoms with Gasteiger partial charge < -0.3 is 9.64 Å². The first-order chi connectivity index (χ1) is 7.19. The van der Waals surface area contributed by atoms with Crippen LogP contribution in [-0.2, 0) is 4.74 Å². The molecule has 0 aromatic carbocycles. The van der Waals surface area contributed by atoms with Crippen LogP contribution in [0, 0.1) is 0 Å². The van der Waals surface area contributed by atoms with Crippen molar-refractivity contribution in [3.63, 3.8) is 0 Å². The van der Waals surface area contributed by atoms with Gasteiger partial charge in [-0.2, -0.15) is 0 Å². The summed E-state index contributed by atoms with van der Waals surface area (Å²) in [7, 11) is 0. The molecule has 0 N–H and O–H groups in total. The first-order valence-electron chi connectivity index (χ1n) is 4.59. The number of rotatable bonds is 3. The Labute approximate surface area is 91.7 Å². The molecule has 0 aliphatic heterocycles. The molecule has 0 fully saturated rings. The predicted octanol–water partition coefficient (Wildman–Crippen LogP) is 1.76. The summed E-state index contributed by atoms with van der Waals surface area (Å²) in [5, 5.41) is 1.84. The molecule has 0 spiro atoms. The van der Waals surface area contributed by atoms with Gasteiger partial charge in [0.25, 0.3) is 0 Å². The van der Waals surface area contributed by atoms with Crippen molar-refractivity contribution >= 4 is 23.4 Å². The molecule has 0 saturated heterocycles. The van der Waals surface area contributed by atoms with Crippen molar-refractivity contribution in [2.75, 3.05) is 13.1 Å². The number of hydrogen-bond acceptors (Lipinski definition) is 5. The van der Waals surface area contributed by atoms with Crippen molar-refractivity contribution in [2.24, 2.45) is 0 Å². The number of carbonyl (C=O) groups excluding carboxylic acids is 2. The minimum absolute atomic E-state index is 0.190. The number of ether oxygens (including phenoxy) is 1. The second-order valence-corrected chi connectivity index (χ2v) is 3.56. The van der Waals surface area contributed by atoms with E-state index in [9.17, 15) is 9.59 Å². The summed E-state index contributed by atoms with van der Waals surface area (Å²) in [6.07, 6.45) is 0.864. The van der Waals surface area contributed by atoms with E-state index in [0.717, 1.165) is 11.3 Å². The van der Waals surface area contributed by atoms with Gasteiger partial charge in [0.15, 0.2) is 0 Å². The van der Waals surface area contributed by atoms with Crippen LogP contribution in [0.15, 0.2) is 11.6 Å². The molecule has 1 amide bonds. The summed E-state index contributed by atoms with van der Waals surface area (Å²) in [5.41, 5.74) is 0. The molecule has 1 aromatic rings. The zero-order valence-electron chi connectivity index (χ0n) is 8.60. The van der Waals surface area contributed by atoms with Crippen LogP contribution < -0.4 is 0 Å². The smallest absolute Gasteiger partial charge is 0.371 e. The van der Waals surface area contributed by atoms with Gasteiger partial charge in [-0.1, -0.05) is 0 Å². The molecule has 0 bridgehead atoms. The van der Waals surface area contributed by atoms with Crippen molar-refractivity contribution in [3.8, 4) is 0 Å². The molecule has 0 aliphatic carbocycles. The van der Waals surface area contributed by atoms with Crippen LogP contribution in [0.5, 0.6) is 0 Å². The Morgan fingerprint density at radius 1 is 1.47 bits per heavy atom. The van der Waals surface area contributed by atoms with Gasteiger partial charge in [0.1, 0.15) is 0 Å². The van der Waals surface area contributed by atoms with Gasteiger partial charge in [-0.15, -0.1) is 11.3 Å². The molecular formula is C9H12N2O3S. The lowest BCUT2D eigenvalue weighted by Crippen LogP contribution is -2.32. The third-order valence-electron chi connectivity index (χ3n) is 1.81. The van der Waals surface area contributed by atoms with Crippen LogP contribution in [0.2, 0.25) is 0 Å². The third-order valence-corrected chi connectivity index (χ3v) is 2.56. The van der Waals surface area contributed by atoms with E-state index in [4.69, 9.17) is 0 Å². The molecule has 0 aliphatic rings. The van der Waals surface area contributed by atoms with Crippen molar-refractivity contribution < 1.29 is 14.3 Å². The van der Waals surface area contributed by atoms with Gasteiger partial charge in [0, 0.05) is 24.7 Å². The van der Waals surface area contributed by atoms with Crippen LogP contribution in [0.4, 0.5) is 4.79 Å². The average molecular weight is 228 g/mol. The van der Waals surface area contributed by atoms with Gasteiger partial charge in [-0.05, 0) is 13.8 Å². The van der Waals surface area contributed by atoms with Crippen molar-refractivity contribution in [1.82, 2.24) is 9.88 Å². The molecule has 0 unspecified atom stereocenters. The fourth-order valence-corrected chi connectivity index (χ4v) is 1.50. The molecular weight excluding hydrogens is 216 g/mol. The number of esters is 1. The first-order valence-corrected chi connectivity index (χ1v) is 5.47. The fourth-order valence-electron chi connectivity index (χ4n) is 0.994. The second kappa shape index (κ2) is 5.45. The van der Waals surface area contributed by atoms with E-state index in [1.807, 2.05) is 13.8 Å². The minimum atomic E-state index is -0.693. The highest BCUT2D eigenvalue weighted by Crippen LogP contribution is 2.06. The summed E-state index contributed by atoms with van der Waals surface area (Å²) >= 11 is 1.14. The number of hydrogen-bond donors (Lipinski definition) is 0. The maximum absolute atomic E-state index is 11.4. The minimum Gasteiger partial charge on any atom is -0.371 e. The molecule has 0 atom stereocenters. The van der Waals surface area contributed by atoms with Crippen LogP contribution in [0.1, 0.15) is 23.6 Å². The third kappa shape index (κ3) is 3.02. The molecule has 0 radical (unpaired) electrons. The Balaban J connectivity index is 2.55. The first kappa shape index (κ1) is 11.6. The van der Waals surface area contributed by atoms with Gasteiger partial charge in [0.05, 0.1) is 0 Å². The number of aromatic nitrogens is 1. The van der Waals surface area contributed by atoms with E-state index in [2.05, 4.69) is 9.72 Å². The van der Waals surface area contributed by atoms with Crippen LogP contribution in [-0.4, -0.2) is 35.0 Å². The highest BCUT2D eigenvalue weighted by molar-refractivity contribution is 7.11. The van der Waals surface area contributed by atoms with Gasteiger partial charge in [-0.3, -0.25) is 0 Å². The lowest BCUT2D eigenvalue weighted by Gasteiger charge is -2.16. The number of amides is 1. The molecule has 6 heteroatoms. The maximum Gasteiger partial charge on any atom is 0.417 e. The summed E-state index contributed by atoms with van der Waals surface area (Å²) in [6.45, 7) is 4.66. The topological polar surface area (TPSA) is 59.5 Å². The Hall–Kier alpha value is -1.43. The van der Waals surface area contributed by atoms with E-state index < -0.39 is 12.1 Å². The molecule has 15 heavy (non-hydrogen) atoms. The van der Waals surface area contributed by atoms with E-state index in [-0.39, 0.29) is 5.01 Å². The summed E-state index contributed by atoms with van der Waals surface area (Å²) in [4.78, 5) is 27.9. The highest BCUT2D eigenvalue weighted by Gasteiger charge is 2.18. The Bertz CT molecular complexity index is 333. The molecule has 1 heterocycles. The van der Waals surface area contributed by atoms with Gasteiger partial charge in [-0.25, -0.2) is 14.6 Å². The lowest BCUT2D eigenvalue weighted by molar-refractivity contribution is 0.0549. The van der Waals surface area contributed by atoms with Gasteiger partial charge in [0.2, 0.25) is 5.01 Å². The zero-order valence-corrected chi connectivity index (χ0v) is 9.41. The van der Waals surface area contributed by atoms with Gasteiger partial charge >= 0.3 is 12.1 Å². The standard InChI is InChI=1S/C9H12N2O3S/c1-3-11(4-2)9(13)14-8(12)7-10-5-6-15-7/h5-6H,3-4H2,1-2H3. The fraction of sp³-hybridized carbons (Fsp3) is 0.444. The van der Waals surface area contributed by atoms with Crippen LogP contribution in [0.3, 0.4) is 0 Å². The van der Waals surface area contributed by atoms with E-state index in [0.29, 0.717) is 13.1 Å². The summed E-state index contributed by atoms with van der Waals surface area (Å²) in [6, 6.07) is 0. The number of carbonyl (C=O) groups is 2. The summed E-state index contributed by atoms with van der Waals surface area (Å²) < 4.78 is 4.63. The Kier molecular flexibility index (Phi) is 4.23.